The Morgan fingerprint density at radius 3 is 1.89 bits per heavy atom. The van der Waals surface area contributed by atoms with E-state index in [-0.39, 0.29) is 14.1 Å². The third kappa shape index (κ3) is 6.05. The second kappa shape index (κ2) is 12.7. The first-order chi connectivity index (χ1) is 18.8. The number of ether oxygens (including phenoxy) is 2. The van der Waals surface area contributed by atoms with E-state index in [2.05, 4.69) is 34.7 Å². The molecule has 192 valence electrons. The fourth-order valence-corrected chi connectivity index (χ4v) is 4.60. The van der Waals surface area contributed by atoms with Gasteiger partial charge in [-0.3, -0.25) is 0 Å². The van der Waals surface area contributed by atoms with Gasteiger partial charge in [0, 0.05) is 24.4 Å². The van der Waals surface area contributed by atoms with E-state index in [0.29, 0.717) is 26.4 Å². The monoisotopic (exact) mass is 506 g/mol. The minimum atomic E-state index is -0.171. The summed E-state index contributed by atoms with van der Waals surface area (Å²) in [6.45, 7) is 6.52. The number of benzene rings is 4. The van der Waals surface area contributed by atoms with Gasteiger partial charge in [0.1, 0.15) is 11.5 Å². The summed E-state index contributed by atoms with van der Waals surface area (Å²) in [5, 5.41) is 6.86. The molecule has 0 saturated heterocycles. The molecule has 2 aliphatic heterocycles. The van der Waals surface area contributed by atoms with Crippen LogP contribution in [0.15, 0.2) is 97.1 Å². The average molecular weight is 506 g/mol. The molecule has 2 heterocycles. The van der Waals surface area contributed by atoms with Gasteiger partial charge in [-0.1, -0.05) is 72.8 Å². The number of hydrogen-bond donors (Lipinski definition) is 2. The first kappa shape index (κ1) is 25.9. The van der Waals surface area contributed by atoms with Gasteiger partial charge in [0.15, 0.2) is 0 Å². The molecule has 0 unspecified atom stereocenters. The Balaban J connectivity index is 0.000000156. The van der Waals surface area contributed by atoms with E-state index in [9.17, 15) is 0 Å². The van der Waals surface area contributed by atoms with Crippen LogP contribution in [0.4, 0.5) is 11.4 Å². The van der Waals surface area contributed by atoms with Crippen LogP contribution in [-0.2, 0) is 27.3 Å². The SMILES string of the molecule is CCOB1Nc2ccccc2COCc2ccccc21.CCOB1Nc2ccccc2Oc2ccccc21. The number of para-hydroxylation sites is 4. The van der Waals surface area contributed by atoms with Gasteiger partial charge in [-0.25, -0.2) is 0 Å². The summed E-state index contributed by atoms with van der Waals surface area (Å²) >= 11 is 0. The second-order valence-electron chi connectivity index (χ2n) is 8.94. The topological polar surface area (TPSA) is 61.0 Å². The van der Waals surface area contributed by atoms with E-state index >= 15 is 0 Å². The minimum Gasteiger partial charge on any atom is -0.456 e. The maximum absolute atomic E-state index is 5.94. The zero-order valence-corrected chi connectivity index (χ0v) is 21.9. The van der Waals surface area contributed by atoms with Crippen LogP contribution in [0, 0.1) is 0 Å². The number of anilines is 2. The lowest BCUT2D eigenvalue weighted by molar-refractivity contribution is 0.108. The van der Waals surface area contributed by atoms with Gasteiger partial charge < -0.3 is 29.2 Å². The molecule has 0 radical (unpaired) electrons. The van der Waals surface area contributed by atoms with E-state index in [1.807, 2.05) is 86.6 Å². The van der Waals surface area contributed by atoms with E-state index in [1.165, 1.54) is 5.56 Å². The zero-order valence-electron chi connectivity index (χ0n) is 21.9. The van der Waals surface area contributed by atoms with Crippen molar-refractivity contribution in [2.75, 3.05) is 23.7 Å². The van der Waals surface area contributed by atoms with Crippen LogP contribution in [-0.4, -0.2) is 27.3 Å². The Morgan fingerprint density at radius 1 is 0.605 bits per heavy atom. The molecule has 8 heteroatoms. The molecule has 4 aromatic rings. The normalized spacial score (nSPS) is 13.6. The Hall–Kier alpha value is -3.71. The van der Waals surface area contributed by atoms with Gasteiger partial charge in [0.05, 0.1) is 18.9 Å². The summed E-state index contributed by atoms with van der Waals surface area (Å²) in [6, 6.07) is 32.3. The van der Waals surface area contributed by atoms with Gasteiger partial charge in [-0.05, 0) is 54.7 Å². The van der Waals surface area contributed by atoms with Crippen molar-refractivity contribution in [3.8, 4) is 11.5 Å². The molecule has 0 saturated carbocycles. The molecule has 6 nitrogen and oxygen atoms in total. The standard InChI is InChI=1S/C16H18BNO2.C14H14BNO2/c1-2-20-17-15-9-5-3-7-13(15)11-19-12-14-8-4-6-10-16(14)18-17;1-2-17-15-11-7-3-5-9-13(11)18-14-10-6-4-8-12(14)16-15/h3-10,18H,2,11-12H2,1H3;3-10,16H,2H2,1H3. The van der Waals surface area contributed by atoms with Crippen LogP contribution in [0.5, 0.6) is 11.5 Å². The van der Waals surface area contributed by atoms with Crippen LogP contribution in [0.3, 0.4) is 0 Å². The molecule has 0 fully saturated rings. The second-order valence-corrected chi connectivity index (χ2v) is 8.94. The molecular weight excluding hydrogens is 474 g/mol. The van der Waals surface area contributed by atoms with Gasteiger partial charge in [0.2, 0.25) is 0 Å². The van der Waals surface area contributed by atoms with Crippen LogP contribution < -0.4 is 26.1 Å². The zero-order chi connectivity index (χ0) is 26.2. The van der Waals surface area contributed by atoms with Crippen LogP contribution in [0.25, 0.3) is 0 Å². The third-order valence-corrected chi connectivity index (χ3v) is 6.42. The van der Waals surface area contributed by atoms with E-state index < -0.39 is 0 Å². The van der Waals surface area contributed by atoms with Crippen molar-refractivity contribution in [1.82, 2.24) is 0 Å². The Kier molecular flexibility index (Phi) is 8.66. The number of hydrogen-bond acceptors (Lipinski definition) is 6. The molecule has 0 aliphatic carbocycles. The van der Waals surface area contributed by atoms with Crippen molar-refractivity contribution < 1.29 is 18.8 Å². The molecule has 0 bridgehead atoms. The lowest BCUT2D eigenvalue weighted by Gasteiger charge is -2.18. The molecule has 2 N–H and O–H groups in total. The molecule has 4 aromatic carbocycles. The summed E-state index contributed by atoms with van der Waals surface area (Å²) in [5.74, 6) is 1.67. The predicted octanol–water partition coefficient (Wildman–Crippen LogP) is 5.20. The highest BCUT2D eigenvalue weighted by atomic mass is 16.5. The first-order valence-corrected chi connectivity index (χ1v) is 13.1. The molecule has 38 heavy (non-hydrogen) atoms. The van der Waals surface area contributed by atoms with Gasteiger partial charge in [-0.15, -0.1) is 0 Å². The number of nitrogens with one attached hydrogen (secondary N) is 2. The Morgan fingerprint density at radius 2 is 1.13 bits per heavy atom. The minimum absolute atomic E-state index is 0.140. The van der Waals surface area contributed by atoms with Crippen molar-refractivity contribution >= 4 is 36.4 Å². The highest BCUT2D eigenvalue weighted by Gasteiger charge is 2.28. The third-order valence-electron chi connectivity index (χ3n) is 6.42. The van der Waals surface area contributed by atoms with E-state index in [1.54, 1.807) is 0 Å². The maximum Gasteiger partial charge on any atom is 0.453 e. The quantitative estimate of drug-likeness (QED) is 0.372. The largest absolute Gasteiger partial charge is 0.456 e. The van der Waals surface area contributed by atoms with Gasteiger partial charge in [0.25, 0.3) is 0 Å². The predicted molar refractivity (Wildman–Crippen MR) is 156 cm³/mol. The van der Waals surface area contributed by atoms with Gasteiger partial charge >= 0.3 is 14.1 Å². The van der Waals surface area contributed by atoms with Crippen LogP contribution in [0.2, 0.25) is 0 Å². The van der Waals surface area contributed by atoms with Crippen molar-refractivity contribution in [2.45, 2.75) is 27.1 Å². The van der Waals surface area contributed by atoms with Crippen LogP contribution in [0.1, 0.15) is 25.0 Å². The molecule has 0 atom stereocenters. The summed E-state index contributed by atoms with van der Waals surface area (Å²) in [6.07, 6.45) is 0. The Bertz CT molecular complexity index is 1350. The summed E-state index contributed by atoms with van der Waals surface area (Å²) in [5.41, 5.74) is 6.52. The molecular formula is C30H32B2N2O4. The number of fused-ring (bicyclic) bond motifs is 4. The summed E-state index contributed by atoms with van der Waals surface area (Å²) in [7, 11) is -0.311. The van der Waals surface area contributed by atoms with E-state index in [0.717, 1.165) is 39.4 Å². The first-order valence-electron chi connectivity index (χ1n) is 13.1. The van der Waals surface area contributed by atoms with Crippen molar-refractivity contribution in [2.24, 2.45) is 0 Å². The smallest absolute Gasteiger partial charge is 0.453 e. The number of rotatable bonds is 4. The molecule has 0 amide bonds. The molecule has 0 aromatic heterocycles. The lowest BCUT2D eigenvalue weighted by Crippen LogP contribution is -2.43. The average Bonchev–Trinajstić information content (AvgIpc) is 3.06. The molecule has 6 rings (SSSR count). The Labute approximate surface area is 225 Å². The van der Waals surface area contributed by atoms with E-state index in [4.69, 9.17) is 18.8 Å². The lowest BCUT2D eigenvalue weighted by atomic mass is 9.70. The fourth-order valence-electron chi connectivity index (χ4n) is 4.60. The molecule has 0 spiro atoms. The van der Waals surface area contributed by atoms with Crippen molar-refractivity contribution in [1.29, 1.82) is 0 Å². The molecule has 2 aliphatic rings. The summed E-state index contributed by atoms with van der Waals surface area (Å²) in [4.78, 5) is 0. The summed E-state index contributed by atoms with van der Waals surface area (Å²) < 4.78 is 23.4. The maximum atomic E-state index is 5.94. The van der Waals surface area contributed by atoms with Gasteiger partial charge in [-0.2, -0.15) is 0 Å². The van der Waals surface area contributed by atoms with Crippen molar-refractivity contribution in [3.63, 3.8) is 0 Å². The fraction of sp³-hybridized carbons (Fsp3) is 0.200. The highest BCUT2D eigenvalue weighted by molar-refractivity contribution is 6.72. The van der Waals surface area contributed by atoms with Crippen molar-refractivity contribution in [3.05, 3.63) is 108 Å². The van der Waals surface area contributed by atoms with Crippen LogP contribution >= 0.6 is 0 Å². The highest BCUT2D eigenvalue weighted by Crippen LogP contribution is 2.31.